The molecule has 6 aromatic rings. The van der Waals surface area contributed by atoms with Crippen LogP contribution in [-0.2, 0) is 13.0 Å². The molecule has 0 saturated heterocycles. The van der Waals surface area contributed by atoms with Crippen LogP contribution in [0.1, 0.15) is 90.9 Å². The third kappa shape index (κ3) is 9.78. The van der Waals surface area contributed by atoms with Crippen LogP contribution in [0.25, 0.3) is 21.9 Å². The number of hydrogen-bond donors (Lipinski definition) is 2. The lowest BCUT2D eigenvalue weighted by Crippen LogP contribution is -2.54. The van der Waals surface area contributed by atoms with Crippen molar-refractivity contribution in [3.63, 3.8) is 0 Å². The molecule has 7 nitrogen and oxygen atoms in total. The Morgan fingerprint density at radius 2 is 1.48 bits per heavy atom. The molecule has 0 aliphatic heterocycles. The van der Waals surface area contributed by atoms with E-state index < -0.39 is 35.3 Å². The molecule has 330 valence electrons. The molecule has 0 heterocycles. The van der Waals surface area contributed by atoms with Crippen LogP contribution >= 0.6 is 0 Å². The highest BCUT2D eigenvalue weighted by Crippen LogP contribution is 2.59. The third-order valence-electron chi connectivity index (χ3n) is 13.3. The highest BCUT2D eigenvalue weighted by Gasteiger charge is 2.58. The second-order valence-corrected chi connectivity index (χ2v) is 17.6. The zero-order chi connectivity index (χ0) is 45.1. The van der Waals surface area contributed by atoms with Crippen LogP contribution in [0, 0.1) is 5.41 Å². The summed E-state index contributed by atoms with van der Waals surface area (Å²) in [5, 5.41) is 26.3. The van der Waals surface area contributed by atoms with Crippen molar-refractivity contribution in [1.29, 1.82) is 0 Å². The maximum absolute atomic E-state index is 15.1. The number of fused-ring (bicyclic) bond motifs is 9. The van der Waals surface area contributed by atoms with Crippen molar-refractivity contribution in [3.05, 3.63) is 179 Å². The van der Waals surface area contributed by atoms with E-state index >= 15 is 4.79 Å². The smallest absolute Gasteiger partial charge is 0.410 e. The van der Waals surface area contributed by atoms with Crippen LogP contribution in [-0.4, -0.2) is 51.6 Å². The second-order valence-electron chi connectivity index (χ2n) is 17.6. The summed E-state index contributed by atoms with van der Waals surface area (Å²) in [6.45, 7) is 3.83. The first kappa shape index (κ1) is 44.4. The minimum atomic E-state index is -4.87. The Morgan fingerprint density at radius 1 is 0.781 bits per heavy atom. The first-order valence-corrected chi connectivity index (χ1v) is 21.9. The summed E-state index contributed by atoms with van der Waals surface area (Å²) in [5.74, 6) is -0.599. The highest BCUT2D eigenvalue weighted by atomic mass is 19.4. The number of rotatable bonds is 9. The Morgan fingerprint density at radius 3 is 2.25 bits per heavy atom. The van der Waals surface area contributed by atoms with Gasteiger partial charge >= 0.3 is 12.5 Å². The molecule has 9 rings (SSSR count). The fourth-order valence-electron chi connectivity index (χ4n) is 9.81. The number of carbonyl (C=O) groups is 2. The molecule has 64 heavy (non-hydrogen) atoms. The van der Waals surface area contributed by atoms with E-state index in [9.17, 15) is 28.2 Å². The number of allylic oxidation sites excluding steroid dienone is 2. The van der Waals surface area contributed by atoms with Gasteiger partial charge in [-0.1, -0.05) is 128 Å². The minimum absolute atomic E-state index is 0.0855. The molecule has 1 saturated carbocycles. The van der Waals surface area contributed by atoms with E-state index in [1.807, 2.05) is 117 Å². The fraction of sp³-hybridized carbons (Fsp3) is 0.296. The Bertz CT molecular complexity index is 2660. The van der Waals surface area contributed by atoms with Crippen molar-refractivity contribution < 1.29 is 42.4 Å². The van der Waals surface area contributed by atoms with Crippen LogP contribution in [0.15, 0.2) is 151 Å². The standard InChI is InChI=1S/C54H52F3NO6/c1-36-11-10-29-52(2)49(46-27-21-38(31-42(59)23-18-36)32-48(46)50(60)47-17-9-8-16-45(47)40-13-4-3-5-14-40)28-30-53(52,62)35-58(34-37-19-24-43(25-20-37)64-54(55,56)57)51(61)63-44-26-22-39-12-6-7-15-41(39)33-44/h3-9,11-17,19-22,24-27,32-33,42,49,59,62H,10,18,23,28-31,34-35H2,1-2H3/t42-,49-,52-,53+/m0/s1. The SMILES string of the molecule is CC1=CCC[C@@]2(C)[C@@H](CC[C@@]2(O)CN(Cc2ccc(OC(F)(F)F)cc2)C(=O)Oc2ccc3ccccc3c2)c2ccc(cc2C(=O)c2ccccc2-c2ccccc2)C[C@@H](O)CC1. The van der Waals surface area contributed by atoms with Gasteiger partial charge in [-0.05, 0) is 127 Å². The van der Waals surface area contributed by atoms with Crippen molar-refractivity contribution >= 4 is 22.6 Å². The summed E-state index contributed by atoms with van der Waals surface area (Å²) in [4.78, 5) is 31.0. The highest BCUT2D eigenvalue weighted by molar-refractivity contribution is 6.14. The van der Waals surface area contributed by atoms with Gasteiger partial charge in [-0.2, -0.15) is 0 Å². The predicted octanol–water partition coefficient (Wildman–Crippen LogP) is 12.4. The van der Waals surface area contributed by atoms with Crippen molar-refractivity contribution in [2.75, 3.05) is 6.54 Å². The van der Waals surface area contributed by atoms with E-state index in [2.05, 4.69) is 10.8 Å². The van der Waals surface area contributed by atoms with Crippen LogP contribution in [0.2, 0.25) is 0 Å². The van der Waals surface area contributed by atoms with Crippen molar-refractivity contribution in [3.8, 4) is 22.6 Å². The summed E-state index contributed by atoms with van der Waals surface area (Å²) >= 11 is 0. The van der Waals surface area contributed by atoms with E-state index in [-0.39, 0.29) is 31.2 Å². The van der Waals surface area contributed by atoms with Gasteiger partial charge in [0.1, 0.15) is 11.5 Å². The van der Waals surface area contributed by atoms with Gasteiger partial charge in [0.2, 0.25) is 0 Å². The molecule has 2 N–H and O–H groups in total. The van der Waals surface area contributed by atoms with Gasteiger partial charge in [0.15, 0.2) is 5.78 Å². The van der Waals surface area contributed by atoms with Crippen molar-refractivity contribution in [2.45, 2.75) is 89.3 Å². The zero-order valence-corrected chi connectivity index (χ0v) is 36.0. The number of halogens is 3. The molecule has 1 fully saturated rings. The largest absolute Gasteiger partial charge is 0.573 e. The molecular formula is C54H52F3NO6. The molecule has 0 unspecified atom stereocenters. The maximum Gasteiger partial charge on any atom is 0.573 e. The van der Waals surface area contributed by atoms with E-state index in [0.717, 1.165) is 38.6 Å². The molecule has 6 aromatic carbocycles. The molecule has 0 radical (unpaired) electrons. The van der Waals surface area contributed by atoms with E-state index in [4.69, 9.17) is 4.74 Å². The number of aliphatic hydroxyl groups excluding tert-OH is 1. The topological polar surface area (TPSA) is 96.3 Å². The minimum Gasteiger partial charge on any atom is -0.410 e. The van der Waals surface area contributed by atoms with E-state index in [1.165, 1.54) is 29.2 Å². The fourth-order valence-corrected chi connectivity index (χ4v) is 9.81. The second kappa shape index (κ2) is 18.5. The number of amides is 1. The van der Waals surface area contributed by atoms with E-state index in [0.29, 0.717) is 61.0 Å². The first-order chi connectivity index (χ1) is 30.7. The molecule has 4 atom stereocenters. The van der Waals surface area contributed by atoms with Gasteiger partial charge in [-0.3, -0.25) is 4.79 Å². The predicted molar refractivity (Wildman–Crippen MR) is 242 cm³/mol. The van der Waals surface area contributed by atoms with Crippen LogP contribution in [0.5, 0.6) is 11.5 Å². The van der Waals surface area contributed by atoms with Gasteiger partial charge in [0.05, 0.1) is 18.2 Å². The lowest BCUT2D eigenvalue weighted by Gasteiger charge is -2.46. The molecule has 2 bridgehead atoms. The average Bonchev–Trinajstić information content (AvgIpc) is 3.53. The summed E-state index contributed by atoms with van der Waals surface area (Å²) < 4.78 is 49.3. The molecular weight excluding hydrogens is 816 g/mol. The lowest BCUT2D eigenvalue weighted by atomic mass is 9.64. The van der Waals surface area contributed by atoms with Crippen LogP contribution in [0.4, 0.5) is 18.0 Å². The summed E-state index contributed by atoms with van der Waals surface area (Å²) in [5.41, 5.74) is 3.56. The first-order valence-electron chi connectivity index (χ1n) is 21.9. The molecule has 10 heteroatoms. The van der Waals surface area contributed by atoms with Crippen LogP contribution < -0.4 is 9.47 Å². The monoisotopic (exact) mass is 867 g/mol. The Kier molecular flexibility index (Phi) is 12.8. The van der Waals surface area contributed by atoms with Gasteiger partial charge in [-0.15, -0.1) is 13.2 Å². The van der Waals surface area contributed by atoms with Gasteiger partial charge in [0.25, 0.3) is 0 Å². The van der Waals surface area contributed by atoms with E-state index in [1.54, 1.807) is 12.1 Å². The van der Waals surface area contributed by atoms with Crippen LogP contribution in [0.3, 0.4) is 0 Å². The summed E-state index contributed by atoms with van der Waals surface area (Å²) in [7, 11) is 0. The Labute approximate surface area is 371 Å². The average molecular weight is 868 g/mol. The zero-order valence-electron chi connectivity index (χ0n) is 36.0. The molecule has 3 aliphatic carbocycles. The van der Waals surface area contributed by atoms with Gasteiger partial charge < -0.3 is 24.6 Å². The third-order valence-corrected chi connectivity index (χ3v) is 13.3. The quantitative estimate of drug-likeness (QED) is 0.111. The molecule has 0 spiro atoms. The number of ketones is 1. The number of alkyl halides is 3. The van der Waals surface area contributed by atoms with Gasteiger partial charge in [0, 0.05) is 23.1 Å². The number of ether oxygens (including phenoxy) is 2. The molecule has 0 aromatic heterocycles. The summed E-state index contributed by atoms with van der Waals surface area (Å²) in [6, 6.07) is 41.5. The normalized spacial score (nSPS) is 21.4. The summed E-state index contributed by atoms with van der Waals surface area (Å²) in [6.07, 6.45) is -0.583. The number of hydrogen-bond acceptors (Lipinski definition) is 6. The number of aliphatic hydroxyl groups is 2. The molecule has 3 aliphatic rings. The van der Waals surface area contributed by atoms with Gasteiger partial charge in [-0.25, -0.2) is 4.79 Å². The lowest BCUT2D eigenvalue weighted by molar-refractivity contribution is -0.274. The number of nitrogens with zero attached hydrogens (tertiary/aromatic N) is 1. The Balaban J connectivity index is 1.19. The maximum atomic E-state index is 15.1. The number of benzene rings is 6. The Hall–Kier alpha value is -6.23. The number of carbonyl (C=O) groups excluding carboxylic acids is 2. The van der Waals surface area contributed by atoms with Crippen molar-refractivity contribution in [2.24, 2.45) is 5.41 Å². The van der Waals surface area contributed by atoms with Crippen molar-refractivity contribution in [1.82, 2.24) is 4.90 Å². The molecule has 1 amide bonds.